The molecule has 0 atom stereocenters. The van der Waals surface area contributed by atoms with Gasteiger partial charge in [-0.25, -0.2) is 9.36 Å². The molecule has 0 spiro atoms. The highest BCUT2D eigenvalue weighted by atomic mass is 79.9. The Morgan fingerprint density at radius 3 is 1.90 bits per heavy atom. The Bertz CT molecular complexity index is 1280. The molecule has 12 heteroatoms. The minimum atomic E-state index is -4.59. The number of nitrogens with zero attached hydrogens (tertiary/aromatic N) is 4. The van der Waals surface area contributed by atoms with E-state index in [9.17, 15) is 13.2 Å². The fourth-order valence-electron chi connectivity index (χ4n) is 2.95. The second kappa shape index (κ2) is 8.55. The summed E-state index contributed by atoms with van der Waals surface area (Å²) in [6, 6.07) is 12.7. The van der Waals surface area contributed by atoms with Gasteiger partial charge in [-0.15, -0.1) is 0 Å². The summed E-state index contributed by atoms with van der Waals surface area (Å²) in [6.45, 7) is 0. The van der Waals surface area contributed by atoms with Crippen LogP contribution >= 0.6 is 71.0 Å². The van der Waals surface area contributed by atoms with Gasteiger partial charge in [-0.3, -0.25) is 0 Å². The van der Waals surface area contributed by atoms with Gasteiger partial charge in [0.25, 0.3) is 0 Å². The van der Waals surface area contributed by atoms with Crippen molar-refractivity contribution < 1.29 is 13.2 Å². The lowest BCUT2D eigenvalue weighted by Crippen LogP contribution is -2.08. The highest BCUT2D eigenvalue weighted by Crippen LogP contribution is 2.41. The van der Waals surface area contributed by atoms with E-state index in [1.165, 1.54) is 0 Å². The van der Waals surface area contributed by atoms with Crippen LogP contribution in [0.4, 0.5) is 13.2 Å². The summed E-state index contributed by atoms with van der Waals surface area (Å²) < 4.78 is 43.7. The minimum Gasteiger partial charge on any atom is -0.225 e. The molecule has 0 N–H and O–H groups in total. The highest BCUT2D eigenvalue weighted by Gasteiger charge is 2.35. The molecule has 4 aromatic rings. The predicted octanol–water partition coefficient (Wildman–Crippen LogP) is 8.34. The maximum Gasteiger partial charge on any atom is 0.435 e. The Hall–Kier alpha value is -1.33. The van der Waals surface area contributed by atoms with Crippen molar-refractivity contribution in [3.8, 4) is 22.5 Å². The zero-order valence-corrected chi connectivity index (χ0v) is 21.2. The Balaban J connectivity index is 2.00. The summed E-state index contributed by atoms with van der Waals surface area (Å²) >= 11 is 22.7. The molecule has 4 nitrogen and oxygen atoms in total. The quantitative estimate of drug-likeness (QED) is 0.222. The molecule has 0 amide bonds. The monoisotopic (exact) mass is 656 g/mol. The van der Waals surface area contributed by atoms with Crippen LogP contribution in [0.1, 0.15) is 5.69 Å². The Kier molecular flexibility index (Phi) is 6.30. The summed E-state index contributed by atoms with van der Waals surface area (Å²) in [7, 11) is 0. The summed E-state index contributed by atoms with van der Waals surface area (Å²) in [5.41, 5.74) is 0.949. The van der Waals surface area contributed by atoms with Crippen molar-refractivity contribution in [2.45, 2.75) is 6.18 Å². The number of hydrogen-bond acceptors (Lipinski definition) is 2. The SMILES string of the molecule is FC(F)(F)c1cc(Br)n(-c2ccc(-n3nc(Br)cc3Br)c(Cl)c2-c2ccc(Cl)cc2)n1. The molecule has 2 aromatic carbocycles. The Morgan fingerprint density at radius 2 is 1.35 bits per heavy atom. The van der Waals surface area contributed by atoms with Crippen molar-refractivity contribution in [2.75, 3.05) is 0 Å². The van der Waals surface area contributed by atoms with Gasteiger partial charge in [0.15, 0.2) is 5.69 Å². The third-order valence-electron chi connectivity index (χ3n) is 4.28. The average molecular weight is 660 g/mol. The molecule has 31 heavy (non-hydrogen) atoms. The first-order valence-corrected chi connectivity index (χ1v) is 11.5. The van der Waals surface area contributed by atoms with E-state index >= 15 is 0 Å². The van der Waals surface area contributed by atoms with Gasteiger partial charge in [-0.05, 0) is 77.6 Å². The molecule has 0 bridgehead atoms. The van der Waals surface area contributed by atoms with E-state index in [2.05, 4.69) is 58.0 Å². The van der Waals surface area contributed by atoms with Crippen LogP contribution in [0.3, 0.4) is 0 Å². The van der Waals surface area contributed by atoms with E-state index in [0.29, 0.717) is 36.7 Å². The fourth-order valence-corrected chi connectivity index (χ4v) is 5.08. The van der Waals surface area contributed by atoms with Crippen LogP contribution in [0.25, 0.3) is 22.5 Å². The molecule has 0 radical (unpaired) electrons. The van der Waals surface area contributed by atoms with Gasteiger partial charge < -0.3 is 0 Å². The molecule has 0 aliphatic rings. The average Bonchev–Trinajstić information content (AvgIpc) is 3.24. The molecule has 0 aliphatic heterocycles. The van der Waals surface area contributed by atoms with Crippen molar-refractivity contribution in [3.05, 3.63) is 78.1 Å². The van der Waals surface area contributed by atoms with E-state index in [1.807, 2.05) is 0 Å². The normalized spacial score (nSPS) is 11.9. The van der Waals surface area contributed by atoms with Gasteiger partial charge in [0.1, 0.15) is 13.8 Å². The van der Waals surface area contributed by atoms with E-state index in [-0.39, 0.29) is 9.63 Å². The largest absolute Gasteiger partial charge is 0.435 e. The van der Waals surface area contributed by atoms with Crippen LogP contribution in [-0.4, -0.2) is 19.6 Å². The molecule has 0 fully saturated rings. The van der Waals surface area contributed by atoms with Crippen LogP contribution in [-0.2, 0) is 6.18 Å². The standard InChI is InChI=1S/C19H8Br3Cl2F3N4/c20-14-8-16(22)31(29-14)12-6-5-11(30-15(21)7-13(28-30)19(25,26)27)17(18(12)24)9-1-3-10(23)4-2-9/h1-8H. The minimum absolute atomic E-state index is 0.127. The Labute approximate surface area is 209 Å². The molecule has 2 heterocycles. The molecule has 0 aliphatic carbocycles. The van der Waals surface area contributed by atoms with Crippen LogP contribution in [0.15, 0.2) is 62.3 Å². The fraction of sp³-hybridized carbons (Fsp3) is 0.0526. The maximum absolute atomic E-state index is 13.2. The lowest BCUT2D eigenvalue weighted by molar-refractivity contribution is -0.141. The van der Waals surface area contributed by atoms with Crippen LogP contribution in [0, 0.1) is 0 Å². The molecular formula is C19H8Br3Cl2F3N4. The smallest absolute Gasteiger partial charge is 0.225 e. The molecular weight excluding hydrogens is 652 g/mol. The summed E-state index contributed by atoms with van der Waals surface area (Å²) in [5.74, 6) is 0. The molecule has 0 unspecified atom stereocenters. The first-order chi connectivity index (χ1) is 14.6. The van der Waals surface area contributed by atoms with Gasteiger partial charge >= 0.3 is 6.18 Å². The lowest BCUT2D eigenvalue weighted by Gasteiger charge is -2.17. The van der Waals surface area contributed by atoms with Crippen molar-refractivity contribution in [1.29, 1.82) is 0 Å². The van der Waals surface area contributed by atoms with Crippen molar-refractivity contribution in [2.24, 2.45) is 0 Å². The molecule has 2 aromatic heterocycles. The number of halogens is 8. The van der Waals surface area contributed by atoms with Gasteiger partial charge in [-0.2, -0.15) is 23.4 Å². The number of alkyl halides is 3. The predicted molar refractivity (Wildman–Crippen MR) is 124 cm³/mol. The second-order valence-electron chi connectivity index (χ2n) is 6.26. The maximum atomic E-state index is 13.2. The first-order valence-electron chi connectivity index (χ1n) is 8.39. The van der Waals surface area contributed by atoms with Gasteiger partial charge in [0.2, 0.25) is 0 Å². The molecule has 4 rings (SSSR count). The van der Waals surface area contributed by atoms with E-state index in [4.69, 9.17) is 23.2 Å². The van der Waals surface area contributed by atoms with Crippen molar-refractivity contribution in [3.63, 3.8) is 0 Å². The molecule has 0 saturated heterocycles. The van der Waals surface area contributed by atoms with E-state index in [0.717, 1.165) is 10.7 Å². The Morgan fingerprint density at radius 1 is 0.774 bits per heavy atom. The van der Waals surface area contributed by atoms with Gasteiger partial charge in [0.05, 0.1) is 16.4 Å². The van der Waals surface area contributed by atoms with Crippen molar-refractivity contribution >= 4 is 71.0 Å². The molecule has 0 saturated carbocycles. The van der Waals surface area contributed by atoms with E-state index < -0.39 is 11.9 Å². The van der Waals surface area contributed by atoms with Crippen LogP contribution in [0.2, 0.25) is 10.0 Å². The zero-order valence-electron chi connectivity index (χ0n) is 14.9. The zero-order chi connectivity index (χ0) is 22.5. The summed E-state index contributed by atoms with van der Waals surface area (Å²) in [5, 5.41) is 8.87. The van der Waals surface area contributed by atoms with Crippen LogP contribution < -0.4 is 0 Å². The topological polar surface area (TPSA) is 35.6 Å². The second-order valence-corrected chi connectivity index (χ2v) is 9.51. The van der Waals surface area contributed by atoms with Gasteiger partial charge in [-0.1, -0.05) is 35.3 Å². The number of benzene rings is 2. The van der Waals surface area contributed by atoms with Gasteiger partial charge in [0, 0.05) is 22.7 Å². The summed E-state index contributed by atoms with van der Waals surface area (Å²) in [6.07, 6.45) is -4.59. The number of hydrogen-bond donors (Lipinski definition) is 0. The third kappa shape index (κ3) is 4.45. The lowest BCUT2D eigenvalue weighted by atomic mass is 10.0. The third-order valence-corrected chi connectivity index (χ3v) is 6.43. The highest BCUT2D eigenvalue weighted by molar-refractivity contribution is 9.11. The van der Waals surface area contributed by atoms with Crippen molar-refractivity contribution in [1.82, 2.24) is 19.6 Å². The molecule has 160 valence electrons. The summed E-state index contributed by atoms with van der Waals surface area (Å²) in [4.78, 5) is 0. The number of rotatable bonds is 3. The number of aromatic nitrogens is 4. The first kappa shape index (κ1) is 22.8. The van der Waals surface area contributed by atoms with Crippen LogP contribution in [0.5, 0.6) is 0 Å². The van der Waals surface area contributed by atoms with E-state index in [1.54, 1.807) is 47.1 Å².